The second-order valence-electron chi connectivity index (χ2n) is 6.57. The maximum atomic E-state index is 4.72. The van der Waals surface area contributed by atoms with E-state index in [-0.39, 0.29) is 24.0 Å². The summed E-state index contributed by atoms with van der Waals surface area (Å²) < 4.78 is 1.88. The van der Waals surface area contributed by atoms with Crippen LogP contribution in [0.15, 0.2) is 17.4 Å². The number of nitrogens with one attached hydrogen (secondary N) is 1. The standard InChI is InChI=1S/C18H28N6S.HI/c1-5-16-13(2)25-17(22-16)6-8-20-18(19-3)24-9-7-14(12-24)15-10-21-23(4)11-15;/h10-11,14H,5-9,12H2,1-4H3,(H,19,20);1H. The van der Waals surface area contributed by atoms with Crippen LogP contribution in [0, 0.1) is 6.92 Å². The predicted octanol–water partition coefficient (Wildman–Crippen LogP) is 2.97. The van der Waals surface area contributed by atoms with E-state index in [9.17, 15) is 0 Å². The molecule has 0 amide bonds. The first-order valence-electron chi connectivity index (χ1n) is 9.00. The Balaban J connectivity index is 0.00000243. The molecule has 1 saturated heterocycles. The van der Waals surface area contributed by atoms with E-state index in [1.54, 1.807) is 0 Å². The van der Waals surface area contributed by atoms with E-state index < -0.39 is 0 Å². The quantitative estimate of drug-likeness (QED) is 0.400. The molecular weight excluding hydrogens is 459 g/mol. The Morgan fingerprint density at radius 1 is 1.46 bits per heavy atom. The van der Waals surface area contributed by atoms with Gasteiger partial charge in [-0.1, -0.05) is 6.92 Å². The number of likely N-dealkylation sites (tertiary alicyclic amines) is 1. The summed E-state index contributed by atoms with van der Waals surface area (Å²) in [5.41, 5.74) is 2.56. The van der Waals surface area contributed by atoms with Gasteiger partial charge in [-0.3, -0.25) is 9.67 Å². The lowest BCUT2D eigenvalue weighted by molar-refractivity contribution is 0.486. The fraction of sp³-hybridized carbons (Fsp3) is 0.611. The Morgan fingerprint density at radius 3 is 2.88 bits per heavy atom. The Morgan fingerprint density at radius 2 is 2.27 bits per heavy atom. The molecule has 1 unspecified atom stereocenters. The molecule has 8 heteroatoms. The van der Waals surface area contributed by atoms with Gasteiger partial charge in [-0.25, -0.2) is 4.98 Å². The smallest absolute Gasteiger partial charge is 0.193 e. The molecule has 0 bridgehead atoms. The molecule has 1 aliphatic rings. The Kier molecular flexibility index (Phi) is 7.87. The van der Waals surface area contributed by atoms with Gasteiger partial charge in [0, 0.05) is 57.1 Å². The second kappa shape index (κ2) is 9.68. The van der Waals surface area contributed by atoms with E-state index in [4.69, 9.17) is 4.98 Å². The number of aromatic nitrogens is 3. The molecular formula is C18H29IN6S. The van der Waals surface area contributed by atoms with E-state index >= 15 is 0 Å². The van der Waals surface area contributed by atoms with Gasteiger partial charge in [-0.2, -0.15) is 5.10 Å². The zero-order valence-electron chi connectivity index (χ0n) is 16.0. The van der Waals surface area contributed by atoms with E-state index in [1.807, 2.05) is 36.3 Å². The number of halogens is 1. The molecule has 0 radical (unpaired) electrons. The van der Waals surface area contributed by atoms with E-state index in [1.165, 1.54) is 21.1 Å². The van der Waals surface area contributed by atoms with E-state index in [2.05, 4.69) is 40.4 Å². The van der Waals surface area contributed by atoms with Crippen molar-refractivity contribution in [2.45, 2.75) is 39.0 Å². The fourth-order valence-corrected chi connectivity index (χ4v) is 4.43. The second-order valence-corrected chi connectivity index (χ2v) is 7.85. The lowest BCUT2D eigenvalue weighted by atomic mass is 10.0. The van der Waals surface area contributed by atoms with Crippen molar-refractivity contribution >= 4 is 41.3 Å². The molecule has 1 fully saturated rings. The third kappa shape index (κ3) is 4.97. The summed E-state index contributed by atoms with van der Waals surface area (Å²) in [6, 6.07) is 0. The van der Waals surface area contributed by atoms with Gasteiger partial charge in [0.2, 0.25) is 0 Å². The summed E-state index contributed by atoms with van der Waals surface area (Å²) in [5.74, 6) is 1.54. The highest BCUT2D eigenvalue weighted by Gasteiger charge is 2.26. The van der Waals surface area contributed by atoms with Crippen LogP contribution in [0.2, 0.25) is 0 Å². The number of aliphatic imine (C=N–C) groups is 1. The van der Waals surface area contributed by atoms with Crippen molar-refractivity contribution in [1.29, 1.82) is 0 Å². The molecule has 0 aliphatic carbocycles. The number of thiazole rings is 1. The lowest BCUT2D eigenvalue weighted by Crippen LogP contribution is -2.40. The number of aryl methyl sites for hydroxylation is 3. The minimum Gasteiger partial charge on any atom is -0.356 e. The maximum Gasteiger partial charge on any atom is 0.193 e. The van der Waals surface area contributed by atoms with Crippen LogP contribution < -0.4 is 5.32 Å². The molecule has 0 saturated carbocycles. The van der Waals surface area contributed by atoms with Gasteiger partial charge in [0.15, 0.2) is 5.96 Å². The summed E-state index contributed by atoms with van der Waals surface area (Å²) in [6.45, 7) is 7.24. The number of guanidine groups is 1. The fourth-order valence-electron chi connectivity index (χ4n) is 3.41. The van der Waals surface area contributed by atoms with Crippen LogP contribution in [0.5, 0.6) is 0 Å². The van der Waals surface area contributed by atoms with Crippen molar-refractivity contribution in [3.05, 3.63) is 33.5 Å². The van der Waals surface area contributed by atoms with Crippen LogP contribution >= 0.6 is 35.3 Å². The van der Waals surface area contributed by atoms with Gasteiger partial charge in [0.05, 0.1) is 16.9 Å². The van der Waals surface area contributed by atoms with Crippen LogP contribution in [0.4, 0.5) is 0 Å². The number of hydrogen-bond acceptors (Lipinski definition) is 4. The molecule has 3 heterocycles. The minimum atomic E-state index is 0. The van der Waals surface area contributed by atoms with Crippen molar-refractivity contribution in [3.63, 3.8) is 0 Å². The first-order chi connectivity index (χ1) is 12.1. The first-order valence-corrected chi connectivity index (χ1v) is 9.81. The van der Waals surface area contributed by atoms with Gasteiger partial charge in [-0.15, -0.1) is 35.3 Å². The Hall–Kier alpha value is -1.16. The van der Waals surface area contributed by atoms with Gasteiger partial charge in [0.25, 0.3) is 0 Å². The van der Waals surface area contributed by atoms with Crippen LogP contribution in [-0.4, -0.2) is 52.3 Å². The van der Waals surface area contributed by atoms with Crippen molar-refractivity contribution < 1.29 is 0 Å². The molecule has 2 aromatic heterocycles. The highest BCUT2D eigenvalue weighted by molar-refractivity contribution is 14.0. The SMILES string of the molecule is CCc1nc(CCNC(=NC)N2CCC(c3cnn(C)c3)C2)sc1C.I. The molecule has 1 aliphatic heterocycles. The summed E-state index contributed by atoms with van der Waals surface area (Å²) in [5, 5.41) is 9.02. The summed E-state index contributed by atoms with van der Waals surface area (Å²) in [4.78, 5) is 12.9. The zero-order chi connectivity index (χ0) is 17.8. The summed E-state index contributed by atoms with van der Waals surface area (Å²) in [7, 11) is 3.84. The number of hydrogen-bond donors (Lipinski definition) is 1. The average Bonchev–Trinajstić information content (AvgIpc) is 3.31. The third-order valence-electron chi connectivity index (χ3n) is 4.79. The summed E-state index contributed by atoms with van der Waals surface area (Å²) >= 11 is 1.82. The topological polar surface area (TPSA) is 58.3 Å². The zero-order valence-corrected chi connectivity index (χ0v) is 19.2. The van der Waals surface area contributed by atoms with Crippen LogP contribution in [-0.2, 0) is 19.9 Å². The molecule has 6 nitrogen and oxygen atoms in total. The molecule has 2 aromatic rings. The van der Waals surface area contributed by atoms with Crippen LogP contribution in [0.3, 0.4) is 0 Å². The lowest BCUT2D eigenvalue weighted by Gasteiger charge is -2.21. The Bertz CT molecular complexity index is 738. The normalized spacial score (nSPS) is 17.5. The van der Waals surface area contributed by atoms with Gasteiger partial charge in [-0.05, 0) is 25.3 Å². The van der Waals surface area contributed by atoms with Gasteiger partial charge < -0.3 is 10.2 Å². The van der Waals surface area contributed by atoms with Gasteiger partial charge >= 0.3 is 0 Å². The van der Waals surface area contributed by atoms with Gasteiger partial charge in [0.1, 0.15) is 0 Å². The maximum absolute atomic E-state index is 4.72. The molecule has 0 spiro atoms. The first kappa shape index (κ1) is 21.1. The van der Waals surface area contributed by atoms with Crippen molar-refractivity contribution in [2.75, 3.05) is 26.7 Å². The average molecular weight is 488 g/mol. The number of rotatable bonds is 5. The third-order valence-corrected chi connectivity index (χ3v) is 5.86. The monoisotopic (exact) mass is 488 g/mol. The molecule has 26 heavy (non-hydrogen) atoms. The highest BCUT2D eigenvalue weighted by atomic mass is 127. The largest absolute Gasteiger partial charge is 0.356 e. The summed E-state index contributed by atoms with van der Waals surface area (Å²) in [6.07, 6.45) is 7.23. The molecule has 1 atom stereocenters. The predicted molar refractivity (Wildman–Crippen MR) is 119 cm³/mol. The minimum absolute atomic E-state index is 0. The molecule has 144 valence electrons. The molecule has 1 N–H and O–H groups in total. The van der Waals surface area contributed by atoms with Crippen molar-refractivity contribution in [3.8, 4) is 0 Å². The highest BCUT2D eigenvalue weighted by Crippen LogP contribution is 2.26. The van der Waals surface area contributed by atoms with E-state index in [0.29, 0.717) is 5.92 Å². The van der Waals surface area contributed by atoms with Crippen molar-refractivity contribution in [1.82, 2.24) is 25.0 Å². The molecule has 3 rings (SSSR count). The van der Waals surface area contributed by atoms with E-state index in [0.717, 1.165) is 44.9 Å². The Labute approximate surface area is 177 Å². The number of nitrogens with zero attached hydrogens (tertiary/aromatic N) is 5. The van der Waals surface area contributed by atoms with Crippen LogP contribution in [0.1, 0.15) is 40.4 Å². The molecule has 0 aromatic carbocycles. The van der Waals surface area contributed by atoms with Crippen molar-refractivity contribution in [2.24, 2.45) is 12.0 Å². The van der Waals surface area contributed by atoms with Crippen LogP contribution in [0.25, 0.3) is 0 Å².